The topological polar surface area (TPSA) is 24.5 Å². The van der Waals surface area contributed by atoms with Crippen molar-refractivity contribution in [1.29, 1.82) is 0 Å². The molecule has 1 aliphatic rings. The number of benzene rings is 1. The van der Waals surface area contributed by atoms with Crippen molar-refractivity contribution in [3.63, 3.8) is 0 Å². The summed E-state index contributed by atoms with van der Waals surface area (Å²) >= 11 is 0. The van der Waals surface area contributed by atoms with Crippen LogP contribution in [0, 0.1) is 0 Å². The molecule has 0 radical (unpaired) electrons. The molecule has 0 bridgehead atoms. The van der Waals surface area contributed by atoms with Crippen LogP contribution in [0.15, 0.2) is 24.3 Å². The number of nitrogens with zero attached hydrogens (tertiary/aromatic N) is 1. The van der Waals surface area contributed by atoms with E-state index in [0.717, 1.165) is 31.8 Å². The molecule has 0 amide bonds. The first kappa shape index (κ1) is 11.4. The monoisotopic (exact) mass is 220 g/mol. The summed E-state index contributed by atoms with van der Waals surface area (Å²) in [5, 5.41) is 3.44. The smallest absolute Gasteiger partial charge is 0.118 e. The Labute approximate surface area is 97.4 Å². The highest BCUT2D eigenvalue weighted by atomic mass is 16.5. The quantitative estimate of drug-likeness (QED) is 0.827. The number of methoxy groups -OCH3 is 1. The van der Waals surface area contributed by atoms with Crippen molar-refractivity contribution in [3.05, 3.63) is 29.8 Å². The molecule has 1 aromatic rings. The highest BCUT2D eigenvalue weighted by molar-refractivity contribution is 5.27. The van der Waals surface area contributed by atoms with Crippen LogP contribution in [0.25, 0.3) is 0 Å². The van der Waals surface area contributed by atoms with E-state index in [1.165, 1.54) is 5.56 Å². The Morgan fingerprint density at radius 2 is 2.12 bits per heavy atom. The molecule has 3 nitrogen and oxygen atoms in total. The van der Waals surface area contributed by atoms with Crippen LogP contribution in [0.4, 0.5) is 0 Å². The first-order valence-electron chi connectivity index (χ1n) is 5.83. The lowest BCUT2D eigenvalue weighted by molar-refractivity contribution is 0.199. The molecule has 0 aromatic heterocycles. The molecule has 2 rings (SSSR count). The van der Waals surface area contributed by atoms with Crippen molar-refractivity contribution in [2.75, 3.05) is 33.8 Å². The van der Waals surface area contributed by atoms with Crippen molar-refractivity contribution in [2.24, 2.45) is 0 Å². The van der Waals surface area contributed by atoms with Crippen molar-refractivity contribution in [1.82, 2.24) is 10.2 Å². The average molecular weight is 220 g/mol. The highest BCUT2D eigenvalue weighted by Crippen LogP contribution is 2.14. The Kier molecular flexibility index (Phi) is 3.80. The fourth-order valence-corrected chi connectivity index (χ4v) is 2.12. The third-order valence-corrected chi connectivity index (χ3v) is 3.27. The number of likely N-dealkylation sites (N-methyl/N-ethyl adjacent to an activating group) is 1. The van der Waals surface area contributed by atoms with Gasteiger partial charge in [-0.25, -0.2) is 0 Å². The fourth-order valence-electron chi connectivity index (χ4n) is 2.12. The molecule has 0 saturated carbocycles. The van der Waals surface area contributed by atoms with E-state index >= 15 is 0 Å². The van der Waals surface area contributed by atoms with E-state index in [0.29, 0.717) is 6.04 Å². The summed E-state index contributed by atoms with van der Waals surface area (Å²) in [6.07, 6.45) is 1.10. The van der Waals surface area contributed by atoms with Crippen LogP contribution in [-0.2, 0) is 6.42 Å². The molecular weight excluding hydrogens is 200 g/mol. The van der Waals surface area contributed by atoms with Gasteiger partial charge >= 0.3 is 0 Å². The predicted octanol–water partition coefficient (Wildman–Crippen LogP) is 1.14. The van der Waals surface area contributed by atoms with Gasteiger partial charge in [0.05, 0.1) is 7.11 Å². The summed E-state index contributed by atoms with van der Waals surface area (Å²) < 4.78 is 5.16. The average Bonchev–Trinajstić information content (AvgIpc) is 2.33. The van der Waals surface area contributed by atoms with Crippen LogP contribution < -0.4 is 10.1 Å². The second-order valence-electron chi connectivity index (χ2n) is 4.39. The Morgan fingerprint density at radius 3 is 2.75 bits per heavy atom. The summed E-state index contributed by atoms with van der Waals surface area (Å²) in [4.78, 5) is 2.43. The molecule has 1 N–H and O–H groups in total. The van der Waals surface area contributed by atoms with Crippen LogP contribution >= 0.6 is 0 Å². The third-order valence-electron chi connectivity index (χ3n) is 3.27. The zero-order valence-electron chi connectivity index (χ0n) is 10.1. The number of piperazine rings is 1. The lowest BCUT2D eigenvalue weighted by Gasteiger charge is -2.33. The molecule has 1 unspecified atom stereocenters. The molecule has 1 saturated heterocycles. The van der Waals surface area contributed by atoms with Crippen LogP contribution in [0.2, 0.25) is 0 Å². The van der Waals surface area contributed by atoms with Crippen molar-refractivity contribution >= 4 is 0 Å². The molecule has 88 valence electrons. The maximum absolute atomic E-state index is 5.16. The highest BCUT2D eigenvalue weighted by Gasteiger charge is 2.18. The molecular formula is C13H20N2O. The number of ether oxygens (including phenoxy) is 1. The minimum Gasteiger partial charge on any atom is -0.497 e. The van der Waals surface area contributed by atoms with Crippen LogP contribution in [-0.4, -0.2) is 44.7 Å². The normalized spacial score (nSPS) is 22.0. The lowest BCUT2D eigenvalue weighted by Crippen LogP contribution is -2.50. The molecule has 0 spiro atoms. The molecule has 0 aliphatic carbocycles. The first-order valence-corrected chi connectivity index (χ1v) is 5.83. The SMILES string of the molecule is COc1ccc(CC2CNCCN2C)cc1. The van der Waals surface area contributed by atoms with Gasteiger partial charge in [0.2, 0.25) is 0 Å². The number of hydrogen-bond donors (Lipinski definition) is 1. The Balaban J connectivity index is 1.96. The number of rotatable bonds is 3. The molecule has 1 atom stereocenters. The van der Waals surface area contributed by atoms with Crippen LogP contribution in [0.5, 0.6) is 5.75 Å². The van der Waals surface area contributed by atoms with Crippen LogP contribution in [0.3, 0.4) is 0 Å². The van der Waals surface area contributed by atoms with E-state index in [9.17, 15) is 0 Å². The summed E-state index contributed by atoms with van der Waals surface area (Å²) in [5.41, 5.74) is 1.38. The molecule has 16 heavy (non-hydrogen) atoms. The summed E-state index contributed by atoms with van der Waals surface area (Å²) in [6, 6.07) is 8.99. The minimum atomic E-state index is 0.613. The minimum absolute atomic E-state index is 0.613. The van der Waals surface area contributed by atoms with E-state index < -0.39 is 0 Å². The Hall–Kier alpha value is -1.06. The van der Waals surface area contributed by atoms with E-state index in [1.54, 1.807) is 7.11 Å². The number of hydrogen-bond acceptors (Lipinski definition) is 3. The molecule has 3 heteroatoms. The maximum atomic E-state index is 5.16. The zero-order chi connectivity index (χ0) is 11.4. The van der Waals surface area contributed by atoms with Crippen molar-refractivity contribution in [3.8, 4) is 5.75 Å². The third kappa shape index (κ3) is 2.74. The van der Waals surface area contributed by atoms with Gasteiger partial charge in [-0.05, 0) is 31.2 Å². The Bertz CT molecular complexity index is 323. The van der Waals surface area contributed by atoms with E-state index in [-0.39, 0.29) is 0 Å². The summed E-state index contributed by atoms with van der Waals surface area (Å²) in [5.74, 6) is 0.930. The lowest BCUT2D eigenvalue weighted by atomic mass is 10.0. The number of nitrogens with one attached hydrogen (secondary N) is 1. The largest absolute Gasteiger partial charge is 0.497 e. The molecule has 1 heterocycles. The second kappa shape index (κ2) is 5.32. The van der Waals surface area contributed by atoms with E-state index in [1.807, 2.05) is 12.1 Å². The van der Waals surface area contributed by atoms with E-state index in [2.05, 4.69) is 29.4 Å². The van der Waals surface area contributed by atoms with Gasteiger partial charge in [-0.1, -0.05) is 12.1 Å². The van der Waals surface area contributed by atoms with E-state index in [4.69, 9.17) is 4.74 Å². The van der Waals surface area contributed by atoms with Gasteiger partial charge < -0.3 is 15.0 Å². The van der Waals surface area contributed by atoms with Gasteiger partial charge in [0.15, 0.2) is 0 Å². The fraction of sp³-hybridized carbons (Fsp3) is 0.538. The first-order chi connectivity index (χ1) is 7.79. The summed E-state index contributed by atoms with van der Waals surface area (Å²) in [7, 11) is 3.91. The summed E-state index contributed by atoms with van der Waals surface area (Å²) in [6.45, 7) is 3.33. The van der Waals surface area contributed by atoms with Gasteiger partial charge in [-0.2, -0.15) is 0 Å². The maximum Gasteiger partial charge on any atom is 0.118 e. The predicted molar refractivity (Wildman–Crippen MR) is 66.0 cm³/mol. The van der Waals surface area contributed by atoms with Crippen LogP contribution in [0.1, 0.15) is 5.56 Å². The molecule has 1 aromatic carbocycles. The van der Waals surface area contributed by atoms with Gasteiger partial charge in [0.1, 0.15) is 5.75 Å². The zero-order valence-corrected chi connectivity index (χ0v) is 10.1. The van der Waals surface area contributed by atoms with Gasteiger partial charge in [-0.15, -0.1) is 0 Å². The molecule has 1 aliphatic heterocycles. The van der Waals surface area contributed by atoms with Gasteiger partial charge in [0.25, 0.3) is 0 Å². The van der Waals surface area contributed by atoms with Gasteiger partial charge in [0, 0.05) is 25.7 Å². The second-order valence-corrected chi connectivity index (χ2v) is 4.39. The van der Waals surface area contributed by atoms with Gasteiger partial charge in [-0.3, -0.25) is 0 Å². The standard InChI is InChI=1S/C13H20N2O/c1-15-8-7-14-10-12(15)9-11-3-5-13(16-2)6-4-11/h3-6,12,14H,7-10H2,1-2H3. The Morgan fingerprint density at radius 1 is 1.38 bits per heavy atom. The van der Waals surface area contributed by atoms with Crippen molar-refractivity contribution < 1.29 is 4.74 Å². The molecule has 1 fully saturated rings. The van der Waals surface area contributed by atoms with Crippen molar-refractivity contribution in [2.45, 2.75) is 12.5 Å².